The molecule has 0 bridgehead atoms. The van der Waals surface area contributed by atoms with E-state index >= 15 is 0 Å². The van der Waals surface area contributed by atoms with E-state index in [2.05, 4.69) is 11.4 Å². The van der Waals surface area contributed by atoms with Crippen LogP contribution >= 0.6 is 0 Å². The lowest BCUT2D eigenvalue weighted by Gasteiger charge is -2.29. The molecule has 16 heavy (non-hydrogen) atoms. The molecule has 1 rings (SSSR count). The Morgan fingerprint density at radius 1 is 1.62 bits per heavy atom. The Kier molecular flexibility index (Phi) is 3.74. The van der Waals surface area contributed by atoms with E-state index in [1.807, 2.05) is 33.2 Å². The quantitative estimate of drug-likeness (QED) is 0.801. The first kappa shape index (κ1) is 12.8. The lowest BCUT2D eigenvalue weighted by Crippen LogP contribution is -2.47. The second-order valence-electron chi connectivity index (χ2n) is 4.71. The fraction of sp³-hybridized carbons (Fsp3) is 0.583. The molecule has 0 amide bonds. The molecule has 1 aromatic rings. The predicted molar refractivity (Wildman–Crippen MR) is 62.7 cm³/mol. The highest BCUT2D eigenvalue weighted by atomic mass is 16.3. The number of aromatic nitrogens is 1. The molecule has 2 N–H and O–H groups in total. The van der Waals surface area contributed by atoms with E-state index < -0.39 is 6.10 Å². The molecule has 1 aromatic heterocycles. The zero-order valence-electron chi connectivity index (χ0n) is 10.3. The van der Waals surface area contributed by atoms with E-state index in [4.69, 9.17) is 5.26 Å². The first-order valence-corrected chi connectivity index (χ1v) is 5.35. The summed E-state index contributed by atoms with van der Waals surface area (Å²) in [5, 5.41) is 21.6. The van der Waals surface area contributed by atoms with Crippen molar-refractivity contribution in [2.75, 3.05) is 0 Å². The van der Waals surface area contributed by atoms with Gasteiger partial charge in [-0.2, -0.15) is 5.26 Å². The molecule has 4 nitrogen and oxygen atoms in total. The second kappa shape index (κ2) is 4.69. The van der Waals surface area contributed by atoms with E-state index in [9.17, 15) is 5.11 Å². The van der Waals surface area contributed by atoms with Gasteiger partial charge in [0.2, 0.25) is 0 Å². The minimum atomic E-state index is -0.424. The average molecular weight is 221 g/mol. The van der Waals surface area contributed by atoms with Crippen molar-refractivity contribution in [3.63, 3.8) is 0 Å². The van der Waals surface area contributed by atoms with Crippen LogP contribution in [0.15, 0.2) is 12.3 Å². The highest BCUT2D eigenvalue weighted by Gasteiger charge is 2.23. The first-order valence-electron chi connectivity index (χ1n) is 5.35. The van der Waals surface area contributed by atoms with Crippen molar-refractivity contribution in [2.45, 2.75) is 39.0 Å². The molecular formula is C12H19N3O. The fourth-order valence-electron chi connectivity index (χ4n) is 1.32. The van der Waals surface area contributed by atoms with Crippen LogP contribution in [0.25, 0.3) is 0 Å². The maximum Gasteiger partial charge on any atom is 0.120 e. The Labute approximate surface area is 96.5 Å². The van der Waals surface area contributed by atoms with E-state index in [1.165, 1.54) is 0 Å². The third kappa shape index (κ3) is 2.84. The van der Waals surface area contributed by atoms with Crippen molar-refractivity contribution in [3.05, 3.63) is 23.5 Å². The highest BCUT2D eigenvalue weighted by molar-refractivity contribution is 5.28. The lowest BCUT2D eigenvalue weighted by molar-refractivity contribution is 0.0956. The molecule has 0 spiro atoms. The fourth-order valence-corrected chi connectivity index (χ4v) is 1.32. The van der Waals surface area contributed by atoms with Gasteiger partial charge in [-0.05, 0) is 32.4 Å². The van der Waals surface area contributed by atoms with E-state index in [0.717, 1.165) is 5.56 Å². The Morgan fingerprint density at radius 2 is 2.25 bits per heavy atom. The van der Waals surface area contributed by atoms with Gasteiger partial charge >= 0.3 is 0 Å². The summed E-state index contributed by atoms with van der Waals surface area (Å²) in [5.41, 5.74) is 1.36. The maximum atomic E-state index is 9.54. The zero-order valence-corrected chi connectivity index (χ0v) is 10.3. The number of aliphatic hydroxyl groups excluding tert-OH is 1. The molecule has 0 radical (unpaired) electrons. The van der Waals surface area contributed by atoms with Crippen LogP contribution in [0.4, 0.5) is 0 Å². The van der Waals surface area contributed by atoms with E-state index in [0.29, 0.717) is 12.2 Å². The number of nitrogens with zero attached hydrogens (tertiary/aromatic N) is 2. The molecular weight excluding hydrogens is 202 g/mol. The van der Waals surface area contributed by atoms with Gasteiger partial charge in [0.05, 0.1) is 6.10 Å². The monoisotopic (exact) mass is 221 g/mol. The zero-order chi connectivity index (χ0) is 12.3. The molecule has 0 aliphatic carbocycles. The minimum absolute atomic E-state index is 0.331. The van der Waals surface area contributed by atoms with E-state index in [1.54, 1.807) is 11.5 Å². The van der Waals surface area contributed by atoms with Gasteiger partial charge in [-0.15, -0.1) is 0 Å². The van der Waals surface area contributed by atoms with Crippen molar-refractivity contribution >= 4 is 0 Å². The summed E-state index contributed by atoms with van der Waals surface area (Å²) >= 11 is 0. The van der Waals surface area contributed by atoms with Crippen LogP contribution in [-0.4, -0.2) is 21.3 Å². The Bertz CT molecular complexity index is 399. The molecule has 0 saturated carbocycles. The molecule has 0 saturated heterocycles. The van der Waals surface area contributed by atoms with Crippen LogP contribution in [0.1, 0.15) is 32.0 Å². The smallest absolute Gasteiger partial charge is 0.120 e. The van der Waals surface area contributed by atoms with Crippen LogP contribution in [-0.2, 0) is 13.6 Å². The first-order chi connectivity index (χ1) is 7.36. The molecule has 88 valence electrons. The number of hydrogen-bond acceptors (Lipinski definition) is 3. The van der Waals surface area contributed by atoms with Crippen molar-refractivity contribution in [1.29, 1.82) is 5.26 Å². The number of aliphatic hydroxyl groups is 1. The third-order valence-corrected chi connectivity index (χ3v) is 2.97. The van der Waals surface area contributed by atoms with Crippen LogP contribution in [0.3, 0.4) is 0 Å². The van der Waals surface area contributed by atoms with Crippen LogP contribution < -0.4 is 5.32 Å². The van der Waals surface area contributed by atoms with Crippen molar-refractivity contribution in [2.24, 2.45) is 7.05 Å². The standard InChI is InChI=1S/C12H19N3O/c1-9(16)12(2,3)14-7-10-5-11(6-13)15(4)8-10/h5,8-9,14,16H,7H2,1-4H3. The van der Waals surface area contributed by atoms with Gasteiger partial charge in [0.15, 0.2) is 0 Å². The summed E-state index contributed by atoms with van der Waals surface area (Å²) in [7, 11) is 1.85. The minimum Gasteiger partial charge on any atom is -0.392 e. The van der Waals surface area contributed by atoms with Gasteiger partial charge in [-0.25, -0.2) is 0 Å². The molecule has 0 fully saturated rings. The van der Waals surface area contributed by atoms with Gasteiger partial charge in [-0.1, -0.05) is 0 Å². The summed E-state index contributed by atoms with van der Waals surface area (Å²) in [6, 6.07) is 3.97. The van der Waals surface area contributed by atoms with Gasteiger partial charge in [0.25, 0.3) is 0 Å². The molecule has 1 atom stereocenters. The Hall–Kier alpha value is -1.31. The van der Waals surface area contributed by atoms with Crippen molar-refractivity contribution in [3.8, 4) is 6.07 Å². The topological polar surface area (TPSA) is 61.0 Å². The molecule has 0 aliphatic heterocycles. The number of nitriles is 1. The summed E-state index contributed by atoms with van der Waals surface area (Å²) in [6.07, 6.45) is 1.50. The molecule has 1 heterocycles. The summed E-state index contributed by atoms with van der Waals surface area (Å²) in [4.78, 5) is 0. The number of nitrogens with one attached hydrogen (secondary N) is 1. The summed E-state index contributed by atoms with van der Waals surface area (Å²) < 4.78 is 1.80. The largest absolute Gasteiger partial charge is 0.392 e. The molecule has 0 aromatic carbocycles. The third-order valence-electron chi connectivity index (χ3n) is 2.97. The van der Waals surface area contributed by atoms with Crippen molar-refractivity contribution in [1.82, 2.24) is 9.88 Å². The Morgan fingerprint density at radius 3 is 2.69 bits per heavy atom. The summed E-state index contributed by atoms with van der Waals surface area (Å²) in [5.74, 6) is 0. The SMILES string of the molecule is CC(O)C(C)(C)NCc1cc(C#N)n(C)c1. The number of aryl methyl sites for hydroxylation is 1. The van der Waals surface area contributed by atoms with Gasteiger partial charge in [0, 0.05) is 25.3 Å². The van der Waals surface area contributed by atoms with Crippen molar-refractivity contribution < 1.29 is 5.11 Å². The van der Waals surface area contributed by atoms with Crippen LogP contribution in [0.5, 0.6) is 0 Å². The summed E-state index contributed by atoms with van der Waals surface area (Å²) in [6.45, 7) is 6.31. The number of rotatable bonds is 4. The Balaban J connectivity index is 2.66. The number of hydrogen-bond donors (Lipinski definition) is 2. The molecule has 0 aliphatic rings. The van der Waals surface area contributed by atoms with Crippen LogP contribution in [0, 0.1) is 11.3 Å². The molecule has 1 unspecified atom stereocenters. The predicted octanol–water partition coefficient (Wildman–Crippen LogP) is 1.15. The van der Waals surface area contributed by atoms with Crippen LogP contribution in [0.2, 0.25) is 0 Å². The average Bonchev–Trinajstić information content (AvgIpc) is 2.56. The molecule has 4 heteroatoms. The van der Waals surface area contributed by atoms with Gasteiger partial charge in [0.1, 0.15) is 11.8 Å². The lowest BCUT2D eigenvalue weighted by atomic mass is 9.98. The maximum absolute atomic E-state index is 9.54. The van der Waals surface area contributed by atoms with E-state index in [-0.39, 0.29) is 5.54 Å². The van der Waals surface area contributed by atoms with Gasteiger partial charge in [-0.3, -0.25) is 0 Å². The highest BCUT2D eigenvalue weighted by Crippen LogP contribution is 2.11. The normalized spacial score (nSPS) is 13.5. The van der Waals surface area contributed by atoms with Gasteiger partial charge < -0.3 is 15.0 Å². The second-order valence-corrected chi connectivity index (χ2v) is 4.71.